The number of Topliss-reactive ketones (excluding diaryl/α,β-unsaturated/α-hetero) is 1. The Hall–Kier alpha value is -1.16. The zero-order valence-corrected chi connectivity index (χ0v) is 11.0. The van der Waals surface area contributed by atoms with E-state index < -0.39 is 0 Å². The molecule has 0 spiro atoms. The number of carbonyl (C=O) groups excluding carboxylic acids is 1. The molecule has 3 saturated heterocycles. The Labute approximate surface area is 109 Å². The van der Waals surface area contributed by atoms with Gasteiger partial charge in [0.25, 0.3) is 0 Å². The molecule has 3 fully saturated rings. The van der Waals surface area contributed by atoms with Crippen LogP contribution in [-0.4, -0.2) is 28.8 Å². The molecule has 0 aromatic carbocycles. The molecule has 0 N–H and O–H groups in total. The average molecular weight is 293 g/mol. The van der Waals surface area contributed by atoms with Crippen LogP contribution in [0.1, 0.15) is 18.4 Å². The van der Waals surface area contributed by atoms with Gasteiger partial charge in [0.15, 0.2) is 5.78 Å². The molecule has 3 aliphatic heterocycles. The van der Waals surface area contributed by atoms with Gasteiger partial charge in [0, 0.05) is 35.9 Å². The van der Waals surface area contributed by atoms with Crippen molar-refractivity contribution in [3.8, 4) is 0 Å². The van der Waals surface area contributed by atoms with Crippen LogP contribution in [-0.2, 0) is 4.79 Å². The lowest BCUT2D eigenvalue weighted by atomic mass is 9.84. The number of hydrogen-bond acceptors (Lipinski definition) is 3. The van der Waals surface area contributed by atoms with Gasteiger partial charge in [-0.05, 0) is 46.5 Å². The Kier molecular flexibility index (Phi) is 2.74. The monoisotopic (exact) mass is 292 g/mol. The summed E-state index contributed by atoms with van der Waals surface area (Å²) < 4.78 is 0.940. The molecular weight excluding hydrogens is 280 g/mol. The molecule has 0 atom stereocenters. The SMILES string of the molecule is O=C1C(=Cc2cncc(Br)c2)N2CCC1CC2. The first kappa shape index (κ1) is 11.0. The first-order chi connectivity index (χ1) is 8.24. The number of pyridine rings is 1. The standard InChI is InChI=1S/C13H13BrN2O/c14-11-5-9(7-15-8-11)6-12-13(17)10-1-3-16(12)4-2-10/h5-8,10H,1-4H2. The highest BCUT2D eigenvalue weighted by Gasteiger charge is 2.36. The van der Waals surface area contributed by atoms with Crippen molar-refractivity contribution in [1.29, 1.82) is 0 Å². The number of allylic oxidation sites excluding steroid dienone is 1. The second kappa shape index (κ2) is 4.26. The normalized spacial score (nSPS) is 22.5. The van der Waals surface area contributed by atoms with Crippen molar-refractivity contribution in [2.45, 2.75) is 12.8 Å². The summed E-state index contributed by atoms with van der Waals surface area (Å²) in [7, 11) is 0. The molecule has 17 heavy (non-hydrogen) atoms. The van der Waals surface area contributed by atoms with Crippen molar-refractivity contribution in [2.75, 3.05) is 13.1 Å². The molecule has 3 nitrogen and oxygen atoms in total. The van der Waals surface area contributed by atoms with Crippen LogP contribution in [0.25, 0.3) is 6.08 Å². The van der Waals surface area contributed by atoms with Crippen LogP contribution >= 0.6 is 15.9 Å². The lowest BCUT2D eigenvalue weighted by molar-refractivity contribution is -0.125. The zero-order chi connectivity index (χ0) is 11.8. The number of piperidine rings is 3. The second-order valence-electron chi connectivity index (χ2n) is 4.59. The molecule has 3 aliphatic rings. The van der Waals surface area contributed by atoms with Crippen molar-refractivity contribution < 1.29 is 4.79 Å². The Balaban J connectivity index is 1.95. The van der Waals surface area contributed by atoms with Crippen molar-refractivity contribution in [3.63, 3.8) is 0 Å². The van der Waals surface area contributed by atoms with E-state index in [0.717, 1.165) is 41.7 Å². The lowest BCUT2D eigenvalue weighted by Crippen LogP contribution is -2.45. The Morgan fingerprint density at radius 1 is 1.35 bits per heavy atom. The summed E-state index contributed by atoms with van der Waals surface area (Å²) in [5, 5.41) is 0. The van der Waals surface area contributed by atoms with Crippen LogP contribution in [0.2, 0.25) is 0 Å². The van der Waals surface area contributed by atoms with Crippen molar-refractivity contribution in [1.82, 2.24) is 9.88 Å². The van der Waals surface area contributed by atoms with Crippen LogP contribution in [0, 0.1) is 5.92 Å². The summed E-state index contributed by atoms with van der Waals surface area (Å²) in [5.41, 5.74) is 1.85. The average Bonchev–Trinajstić information content (AvgIpc) is 2.34. The maximum absolute atomic E-state index is 12.1. The van der Waals surface area contributed by atoms with Gasteiger partial charge in [0.05, 0.1) is 5.70 Å². The minimum atomic E-state index is 0.256. The highest BCUT2D eigenvalue weighted by Crippen LogP contribution is 2.32. The predicted octanol–water partition coefficient (Wildman–Crippen LogP) is 2.48. The number of fused-ring (bicyclic) bond motifs is 3. The quantitative estimate of drug-likeness (QED) is 0.746. The minimum Gasteiger partial charge on any atom is -0.369 e. The van der Waals surface area contributed by atoms with Crippen molar-refractivity contribution in [3.05, 3.63) is 34.2 Å². The van der Waals surface area contributed by atoms with Crippen LogP contribution in [0.15, 0.2) is 28.6 Å². The van der Waals surface area contributed by atoms with Gasteiger partial charge in [-0.2, -0.15) is 0 Å². The zero-order valence-electron chi connectivity index (χ0n) is 9.40. The molecule has 2 bridgehead atoms. The molecule has 88 valence electrons. The van der Waals surface area contributed by atoms with Gasteiger partial charge in [-0.15, -0.1) is 0 Å². The third-order valence-electron chi connectivity index (χ3n) is 3.49. The van der Waals surface area contributed by atoms with Gasteiger partial charge < -0.3 is 4.90 Å². The molecule has 0 radical (unpaired) electrons. The maximum atomic E-state index is 12.1. The van der Waals surface area contributed by atoms with Gasteiger partial charge >= 0.3 is 0 Å². The lowest BCUT2D eigenvalue weighted by Gasteiger charge is -2.41. The second-order valence-corrected chi connectivity index (χ2v) is 5.51. The van der Waals surface area contributed by atoms with Gasteiger partial charge in [0.2, 0.25) is 0 Å². The summed E-state index contributed by atoms with van der Waals surface area (Å²) in [6, 6.07) is 1.98. The number of carbonyl (C=O) groups is 1. The van der Waals surface area contributed by atoms with Crippen LogP contribution < -0.4 is 0 Å². The number of hydrogen-bond donors (Lipinski definition) is 0. The van der Waals surface area contributed by atoms with E-state index in [9.17, 15) is 4.79 Å². The summed E-state index contributed by atoms with van der Waals surface area (Å²) in [6.07, 6.45) is 7.54. The largest absolute Gasteiger partial charge is 0.369 e. The maximum Gasteiger partial charge on any atom is 0.182 e. The number of rotatable bonds is 1. The molecular formula is C13H13BrN2O. The highest BCUT2D eigenvalue weighted by molar-refractivity contribution is 9.10. The molecule has 0 amide bonds. The van der Waals surface area contributed by atoms with E-state index in [1.807, 2.05) is 12.1 Å². The van der Waals surface area contributed by atoms with E-state index >= 15 is 0 Å². The van der Waals surface area contributed by atoms with Gasteiger partial charge in [-0.3, -0.25) is 9.78 Å². The van der Waals surface area contributed by atoms with Crippen molar-refractivity contribution >= 4 is 27.8 Å². The fourth-order valence-electron chi connectivity index (χ4n) is 2.58. The number of halogens is 1. The van der Waals surface area contributed by atoms with E-state index in [4.69, 9.17) is 0 Å². The molecule has 0 aliphatic carbocycles. The van der Waals surface area contributed by atoms with Crippen LogP contribution in [0.4, 0.5) is 0 Å². The van der Waals surface area contributed by atoms with E-state index in [1.54, 1.807) is 12.4 Å². The smallest absolute Gasteiger partial charge is 0.182 e. The highest BCUT2D eigenvalue weighted by atomic mass is 79.9. The first-order valence-electron chi connectivity index (χ1n) is 5.85. The summed E-state index contributed by atoms with van der Waals surface area (Å²) in [6.45, 7) is 2.04. The number of aromatic nitrogens is 1. The van der Waals surface area contributed by atoms with E-state index in [2.05, 4.69) is 25.8 Å². The van der Waals surface area contributed by atoms with Gasteiger partial charge in [0.1, 0.15) is 0 Å². The minimum absolute atomic E-state index is 0.256. The number of nitrogens with zero attached hydrogens (tertiary/aromatic N) is 2. The fourth-order valence-corrected chi connectivity index (χ4v) is 2.96. The molecule has 4 heteroatoms. The number of ketones is 1. The molecule has 4 heterocycles. The van der Waals surface area contributed by atoms with E-state index in [1.165, 1.54) is 0 Å². The Bertz CT molecular complexity index is 490. The fraction of sp³-hybridized carbons (Fsp3) is 0.385. The van der Waals surface area contributed by atoms with Crippen LogP contribution in [0.3, 0.4) is 0 Å². The topological polar surface area (TPSA) is 33.2 Å². The molecule has 0 unspecified atom stereocenters. The first-order valence-corrected chi connectivity index (χ1v) is 6.65. The third-order valence-corrected chi connectivity index (χ3v) is 3.92. The van der Waals surface area contributed by atoms with Gasteiger partial charge in [-0.25, -0.2) is 0 Å². The van der Waals surface area contributed by atoms with E-state index in [-0.39, 0.29) is 5.92 Å². The molecule has 1 aromatic heterocycles. The van der Waals surface area contributed by atoms with E-state index in [0.29, 0.717) is 5.78 Å². The Morgan fingerprint density at radius 2 is 2.12 bits per heavy atom. The van der Waals surface area contributed by atoms with Gasteiger partial charge in [-0.1, -0.05) is 0 Å². The summed E-state index contributed by atoms with van der Waals surface area (Å²) >= 11 is 3.39. The molecule has 4 rings (SSSR count). The van der Waals surface area contributed by atoms with Crippen molar-refractivity contribution in [2.24, 2.45) is 5.92 Å². The Morgan fingerprint density at radius 3 is 2.76 bits per heavy atom. The summed E-state index contributed by atoms with van der Waals surface area (Å²) in [5.74, 6) is 0.564. The molecule has 0 saturated carbocycles. The summed E-state index contributed by atoms with van der Waals surface area (Å²) in [4.78, 5) is 18.4. The van der Waals surface area contributed by atoms with Crippen LogP contribution in [0.5, 0.6) is 0 Å². The third kappa shape index (κ3) is 2.02. The predicted molar refractivity (Wildman–Crippen MR) is 69.2 cm³/mol. The molecule has 1 aromatic rings.